The maximum atomic E-state index is 17.8. The lowest BCUT2D eigenvalue weighted by Crippen LogP contribution is -2.69. The molecule has 0 amide bonds. The zero-order valence-electron chi connectivity index (χ0n) is 32.4. The summed E-state index contributed by atoms with van der Waals surface area (Å²) in [6.45, 7) is 2.75. The number of aliphatic hydroxyl groups excluding tert-OH is 1. The second kappa shape index (κ2) is 17.2. The van der Waals surface area contributed by atoms with Crippen LogP contribution in [0.3, 0.4) is 0 Å². The van der Waals surface area contributed by atoms with Gasteiger partial charge in [-0.2, -0.15) is 0 Å². The van der Waals surface area contributed by atoms with Gasteiger partial charge < -0.3 is 43.9 Å². The fourth-order valence-electron chi connectivity index (χ4n) is 9.62. The quantitative estimate of drug-likeness (QED) is 0.0289. The smallest absolute Gasteiger partial charge is 0.504 e. The molecule has 0 aliphatic heterocycles. The number of alkyl halides is 1. The molecule has 59 heavy (non-hydrogen) atoms. The van der Waals surface area contributed by atoms with Gasteiger partial charge >= 0.3 is 18.1 Å². The molecule has 0 aromatic heterocycles. The number of nitrogens with zero attached hydrogens (tertiary/aromatic N) is 2. The first kappa shape index (κ1) is 44.2. The molecule has 0 bridgehead atoms. The number of aliphatic hydroxyl groups is 1. The highest BCUT2D eigenvalue weighted by molar-refractivity contribution is 5.95. The number of carbonyl (C=O) groups is 5. The molecule has 322 valence electrons. The molecule has 2 fully saturated rings. The summed E-state index contributed by atoms with van der Waals surface area (Å²) in [6, 6.07) is 1.65. The highest BCUT2D eigenvalue weighted by atomic mass is 19.1. The molecule has 4 aliphatic rings. The van der Waals surface area contributed by atoms with Gasteiger partial charge in [-0.1, -0.05) is 31.6 Å². The van der Waals surface area contributed by atoms with E-state index in [4.69, 9.17) is 18.9 Å². The maximum Gasteiger partial charge on any atom is 0.514 e. The van der Waals surface area contributed by atoms with Crippen LogP contribution in [-0.4, -0.2) is 99.0 Å². The second-order valence-corrected chi connectivity index (χ2v) is 15.6. The van der Waals surface area contributed by atoms with Crippen LogP contribution in [0, 0.1) is 48.8 Å². The summed E-state index contributed by atoms with van der Waals surface area (Å²) in [7, 11) is 0. The van der Waals surface area contributed by atoms with Crippen molar-refractivity contribution in [2.75, 3.05) is 26.4 Å². The highest BCUT2D eigenvalue weighted by Gasteiger charge is 2.77. The number of ketones is 2. The Morgan fingerprint density at radius 2 is 1.63 bits per heavy atom. The van der Waals surface area contributed by atoms with E-state index in [0.717, 1.165) is 12.1 Å². The summed E-state index contributed by atoms with van der Waals surface area (Å²) in [6.07, 6.45) is 0.650. The Kier molecular flexibility index (Phi) is 12.9. The molecular weight excluding hydrogens is 791 g/mol. The number of carbonyl (C=O) groups excluding carboxylic acids is 5. The minimum atomic E-state index is -2.30. The van der Waals surface area contributed by atoms with E-state index in [2.05, 4.69) is 9.68 Å². The van der Waals surface area contributed by atoms with E-state index in [1.54, 1.807) is 26.8 Å². The number of ether oxygens (including phenoxy) is 4. The monoisotopic (exact) mass is 836 g/mol. The van der Waals surface area contributed by atoms with Gasteiger partial charge in [-0.05, 0) is 69.6 Å². The topological polar surface area (TPSA) is 288 Å². The van der Waals surface area contributed by atoms with E-state index in [-0.39, 0.29) is 63.1 Å². The maximum absolute atomic E-state index is 17.8. The number of benzene rings is 1. The van der Waals surface area contributed by atoms with Crippen molar-refractivity contribution in [3.05, 3.63) is 61.7 Å². The molecule has 1 aromatic rings. The number of hydrogen-bond donors (Lipinski definition) is 3. The van der Waals surface area contributed by atoms with Crippen LogP contribution in [0.25, 0.3) is 0 Å². The van der Waals surface area contributed by atoms with Crippen LogP contribution in [0.15, 0.2) is 35.9 Å². The van der Waals surface area contributed by atoms with Crippen molar-refractivity contribution in [3.8, 4) is 17.2 Å². The Bertz CT molecular complexity index is 1950. The third-order valence-corrected chi connectivity index (χ3v) is 12.3. The van der Waals surface area contributed by atoms with Crippen molar-refractivity contribution in [1.82, 2.24) is 0 Å². The van der Waals surface area contributed by atoms with Crippen LogP contribution in [-0.2, 0) is 38.3 Å². The molecule has 2 unspecified atom stereocenters. The molecule has 4 aliphatic carbocycles. The Morgan fingerprint density at radius 3 is 2.31 bits per heavy atom. The zero-order chi connectivity index (χ0) is 43.5. The number of phenolic OH excluding ortho intramolecular Hbond substituents is 2. The Labute approximate surface area is 335 Å². The van der Waals surface area contributed by atoms with Gasteiger partial charge in [0.15, 0.2) is 35.2 Å². The third-order valence-electron chi connectivity index (χ3n) is 12.3. The number of phenols is 2. The van der Waals surface area contributed by atoms with E-state index < -0.39 is 123 Å². The van der Waals surface area contributed by atoms with Gasteiger partial charge in [0.2, 0.25) is 11.5 Å². The van der Waals surface area contributed by atoms with Crippen LogP contribution < -0.4 is 4.74 Å². The molecule has 2 saturated carbocycles. The number of aromatic hydroxyl groups is 2. The summed E-state index contributed by atoms with van der Waals surface area (Å²) in [4.78, 5) is 95.2. The predicted octanol–water partition coefficient (Wildman–Crippen LogP) is 4.21. The van der Waals surface area contributed by atoms with E-state index in [1.807, 2.05) is 0 Å². The van der Waals surface area contributed by atoms with Crippen LogP contribution in [0.2, 0.25) is 0 Å². The SMILES string of the molecule is C[C@@H]1CC2C3CC=C4CC(=O)C=C[C@]4(C)[C@@]3(F)[C@@H](O)C[C@]2(C)[C@@]1(OC(=O)CCCO[N+](=O)[O-])C(=O)COC(=O)Oc1cc(C(=O)OCCCCO[N+](=O)[O-])cc(O)c1O. The first-order valence-electron chi connectivity index (χ1n) is 18.9. The number of rotatable bonds is 17. The molecule has 0 radical (unpaired) electrons. The largest absolute Gasteiger partial charge is 0.514 e. The standard InChI is InChI=1S/C38H45FN2O18/c1-21-15-26-25-9-8-23-18-24(42)10-11-35(23,2)37(25,39)29(44)19-36(26,3)38(21,59-31(46)7-6-14-57-41(52)53)30(45)20-55-34(49)58-28-17-22(16-27(43)32(28)47)33(48)54-12-4-5-13-56-40(50)51/h8,10-11,16-17,21,25-26,29,43-44,47H,4-7,9,12-15,18-20H2,1-3H3/t21-,25?,26?,29+,35+,36+,37+,38+/m1/s1. The average molecular weight is 837 g/mol. The molecule has 0 spiro atoms. The minimum Gasteiger partial charge on any atom is -0.504 e. The molecule has 20 nitrogen and oxygen atoms in total. The van der Waals surface area contributed by atoms with Gasteiger partial charge in [0, 0.05) is 35.5 Å². The van der Waals surface area contributed by atoms with Crippen molar-refractivity contribution in [3.63, 3.8) is 0 Å². The molecule has 3 N–H and O–H groups in total. The van der Waals surface area contributed by atoms with Crippen molar-refractivity contribution >= 4 is 29.7 Å². The lowest BCUT2D eigenvalue weighted by atomic mass is 9.45. The molecule has 0 saturated heterocycles. The molecule has 5 rings (SSSR count). The number of unbranched alkanes of at least 4 members (excludes halogenated alkanes) is 1. The number of esters is 2. The first-order valence-corrected chi connectivity index (χ1v) is 18.9. The number of fused-ring (bicyclic) bond motifs is 5. The molecule has 1 aromatic carbocycles. The lowest BCUT2D eigenvalue weighted by Gasteiger charge is -2.62. The van der Waals surface area contributed by atoms with Gasteiger partial charge in [0.25, 0.3) is 10.2 Å². The zero-order valence-corrected chi connectivity index (χ0v) is 32.4. The Hall–Kier alpha value is -5.86. The van der Waals surface area contributed by atoms with Gasteiger partial charge in [0.1, 0.15) is 0 Å². The first-order chi connectivity index (χ1) is 27.7. The average Bonchev–Trinajstić information content (AvgIpc) is 3.38. The van der Waals surface area contributed by atoms with Crippen molar-refractivity contribution in [2.24, 2.45) is 28.6 Å². The van der Waals surface area contributed by atoms with Crippen LogP contribution in [0.4, 0.5) is 9.18 Å². The van der Waals surface area contributed by atoms with Crippen LogP contribution >= 0.6 is 0 Å². The van der Waals surface area contributed by atoms with Gasteiger partial charge in [-0.25, -0.2) is 14.0 Å². The number of allylic oxidation sites excluding steroid dienone is 4. The molecule has 0 heterocycles. The predicted molar refractivity (Wildman–Crippen MR) is 193 cm³/mol. The molecule has 21 heteroatoms. The fraction of sp³-hybridized carbons (Fsp3) is 0.605. The van der Waals surface area contributed by atoms with Crippen LogP contribution in [0.5, 0.6) is 17.2 Å². The van der Waals surface area contributed by atoms with Crippen molar-refractivity contribution in [1.29, 1.82) is 0 Å². The second-order valence-electron chi connectivity index (χ2n) is 15.6. The van der Waals surface area contributed by atoms with Gasteiger partial charge in [-0.3, -0.25) is 14.4 Å². The normalized spacial score (nSPS) is 30.4. The van der Waals surface area contributed by atoms with E-state index in [1.165, 1.54) is 12.2 Å². The van der Waals surface area contributed by atoms with Gasteiger partial charge in [-0.15, -0.1) is 20.2 Å². The molecule has 8 atom stereocenters. The third kappa shape index (κ3) is 8.24. The number of Topliss-reactive ketones (excluding diaryl/α,β-unsaturated/α-hetero) is 1. The van der Waals surface area contributed by atoms with E-state index in [9.17, 15) is 59.5 Å². The summed E-state index contributed by atoms with van der Waals surface area (Å²) in [5.41, 5.74) is -7.18. The van der Waals surface area contributed by atoms with Crippen molar-refractivity contribution < 1.29 is 82.5 Å². The summed E-state index contributed by atoms with van der Waals surface area (Å²) < 4.78 is 39.1. The Morgan fingerprint density at radius 1 is 0.966 bits per heavy atom. The highest BCUT2D eigenvalue weighted by Crippen LogP contribution is 2.71. The van der Waals surface area contributed by atoms with E-state index >= 15 is 4.39 Å². The van der Waals surface area contributed by atoms with Crippen molar-refractivity contribution in [2.45, 2.75) is 89.5 Å². The van der Waals surface area contributed by atoms with Gasteiger partial charge in [0.05, 0.1) is 31.5 Å². The number of halogens is 1. The fourth-order valence-corrected chi connectivity index (χ4v) is 9.62. The van der Waals surface area contributed by atoms with Crippen LogP contribution in [0.1, 0.15) is 82.5 Å². The van der Waals surface area contributed by atoms with E-state index in [0.29, 0.717) is 5.57 Å². The molecular formula is C38H45FN2O18. The summed E-state index contributed by atoms with van der Waals surface area (Å²) >= 11 is 0. The summed E-state index contributed by atoms with van der Waals surface area (Å²) in [5.74, 6) is -8.40. The number of hydrogen-bond acceptors (Lipinski definition) is 18. The summed E-state index contributed by atoms with van der Waals surface area (Å²) in [5, 5.41) is 51.3. The Balaban J connectivity index is 1.37. The minimum absolute atomic E-state index is 0.0264. The lowest BCUT2D eigenvalue weighted by molar-refractivity contribution is -0.757.